The number of carboxylic acid groups (broad SMARTS) is 1. The lowest BCUT2D eigenvalue weighted by Crippen LogP contribution is -1.97. The number of aromatic nitrogens is 1. The Balaban J connectivity index is 1.85. The van der Waals surface area contributed by atoms with Crippen molar-refractivity contribution in [3.63, 3.8) is 0 Å². The largest absolute Gasteiger partial charge is 0.481 e. The summed E-state index contributed by atoms with van der Waals surface area (Å²) in [5, 5.41) is 11.8. The molecule has 0 atom stereocenters. The highest BCUT2D eigenvalue weighted by Gasteiger charge is 2.18. The van der Waals surface area contributed by atoms with Gasteiger partial charge in [-0.1, -0.05) is 60.1 Å². The molecule has 0 bridgehead atoms. The molecule has 0 aliphatic heterocycles. The van der Waals surface area contributed by atoms with E-state index in [1.165, 1.54) is 0 Å². The molecule has 1 heterocycles. The lowest BCUT2D eigenvalue weighted by atomic mass is 10.0. The molecule has 5 heteroatoms. The average Bonchev–Trinajstić information content (AvgIpc) is 3.10. The Morgan fingerprint density at radius 2 is 1.74 bits per heavy atom. The Morgan fingerprint density at radius 1 is 1.00 bits per heavy atom. The Labute approximate surface area is 161 Å². The second-order valence-corrected chi connectivity index (χ2v) is 6.65. The summed E-state index contributed by atoms with van der Waals surface area (Å²) in [7, 11) is 0. The molecule has 134 valence electrons. The van der Waals surface area contributed by atoms with Gasteiger partial charge in [0.25, 0.3) is 0 Å². The molecule has 4 nitrogen and oxygen atoms in total. The van der Waals surface area contributed by atoms with E-state index < -0.39 is 5.97 Å². The number of oxazole rings is 1. The molecule has 0 fully saturated rings. The molecule has 4 rings (SSSR count). The van der Waals surface area contributed by atoms with Crippen molar-refractivity contribution in [1.29, 1.82) is 0 Å². The highest BCUT2D eigenvalue weighted by molar-refractivity contribution is 6.30. The molecule has 1 aromatic heterocycles. The second-order valence-electron chi connectivity index (χ2n) is 6.22. The molecule has 0 amide bonds. The van der Waals surface area contributed by atoms with Gasteiger partial charge in [0, 0.05) is 22.6 Å². The van der Waals surface area contributed by atoms with E-state index in [0.717, 1.165) is 21.9 Å². The van der Waals surface area contributed by atoms with Crippen molar-refractivity contribution in [2.45, 2.75) is 12.8 Å². The number of nitrogens with zero attached hydrogens (tertiary/aromatic N) is 1. The third kappa shape index (κ3) is 3.57. The van der Waals surface area contributed by atoms with Crippen LogP contribution in [-0.4, -0.2) is 16.1 Å². The minimum Gasteiger partial charge on any atom is -0.481 e. The Morgan fingerprint density at radius 3 is 2.52 bits per heavy atom. The lowest BCUT2D eigenvalue weighted by Gasteiger charge is -2.02. The quantitative estimate of drug-likeness (QED) is 0.475. The monoisotopic (exact) mass is 377 g/mol. The highest BCUT2D eigenvalue weighted by Crippen LogP contribution is 2.33. The molecule has 3 aromatic carbocycles. The number of hydrogen-bond acceptors (Lipinski definition) is 3. The van der Waals surface area contributed by atoms with Gasteiger partial charge in [0.1, 0.15) is 11.5 Å². The summed E-state index contributed by atoms with van der Waals surface area (Å²) in [6, 6.07) is 21.2. The zero-order chi connectivity index (χ0) is 18.8. The maximum atomic E-state index is 11.0. The van der Waals surface area contributed by atoms with E-state index in [0.29, 0.717) is 22.4 Å². The number of carboxylic acids is 1. The van der Waals surface area contributed by atoms with Gasteiger partial charge >= 0.3 is 5.97 Å². The SMILES string of the molecule is O=C(O)CCc1oc(-c2cccc3ccccc23)nc1-c1ccc(Cl)cc1. The summed E-state index contributed by atoms with van der Waals surface area (Å²) in [5.41, 5.74) is 2.37. The van der Waals surface area contributed by atoms with E-state index in [1.807, 2.05) is 54.6 Å². The average molecular weight is 378 g/mol. The molecule has 0 radical (unpaired) electrons. The van der Waals surface area contributed by atoms with Crippen LogP contribution in [0.1, 0.15) is 12.2 Å². The number of benzene rings is 3. The Hall–Kier alpha value is -3.11. The van der Waals surface area contributed by atoms with Crippen molar-refractivity contribution in [1.82, 2.24) is 4.98 Å². The minimum absolute atomic E-state index is 0.0231. The van der Waals surface area contributed by atoms with E-state index in [1.54, 1.807) is 12.1 Å². The number of fused-ring (bicyclic) bond motifs is 1. The fourth-order valence-electron chi connectivity index (χ4n) is 3.10. The summed E-state index contributed by atoms with van der Waals surface area (Å²) in [6.45, 7) is 0. The smallest absolute Gasteiger partial charge is 0.303 e. The normalized spacial score (nSPS) is 11.0. The molecular formula is C22H16ClNO3. The highest BCUT2D eigenvalue weighted by atomic mass is 35.5. The molecule has 4 aromatic rings. The van der Waals surface area contributed by atoms with Crippen molar-refractivity contribution in [2.75, 3.05) is 0 Å². The molecule has 0 saturated heterocycles. The summed E-state index contributed by atoms with van der Waals surface area (Å²) >= 11 is 5.99. The Bertz CT molecular complexity index is 1110. The maximum Gasteiger partial charge on any atom is 0.303 e. The lowest BCUT2D eigenvalue weighted by molar-refractivity contribution is -0.137. The maximum absolute atomic E-state index is 11.0. The molecule has 0 aliphatic carbocycles. The van der Waals surface area contributed by atoms with Gasteiger partial charge in [0.2, 0.25) is 5.89 Å². The zero-order valence-electron chi connectivity index (χ0n) is 14.4. The van der Waals surface area contributed by atoms with Crippen molar-refractivity contribution in [3.8, 4) is 22.7 Å². The van der Waals surface area contributed by atoms with Crippen molar-refractivity contribution in [2.24, 2.45) is 0 Å². The van der Waals surface area contributed by atoms with E-state index in [-0.39, 0.29) is 12.8 Å². The number of aliphatic carboxylic acids is 1. The van der Waals surface area contributed by atoms with E-state index in [4.69, 9.17) is 26.1 Å². The predicted octanol–water partition coefficient (Wildman–Crippen LogP) is 5.83. The van der Waals surface area contributed by atoms with Gasteiger partial charge in [-0.3, -0.25) is 4.79 Å². The van der Waals surface area contributed by atoms with Crippen molar-refractivity contribution in [3.05, 3.63) is 77.5 Å². The van der Waals surface area contributed by atoms with Crippen LogP contribution in [0.25, 0.3) is 33.5 Å². The standard InChI is InChI=1S/C22H16ClNO3/c23-16-10-8-15(9-11-16)21-19(12-13-20(25)26)27-22(24-21)18-7-3-5-14-4-1-2-6-17(14)18/h1-11H,12-13H2,(H,25,26). The van der Waals surface area contributed by atoms with Gasteiger partial charge in [-0.2, -0.15) is 0 Å². The minimum atomic E-state index is -0.875. The van der Waals surface area contributed by atoms with Gasteiger partial charge < -0.3 is 9.52 Å². The van der Waals surface area contributed by atoms with Crippen LogP contribution in [0.5, 0.6) is 0 Å². The third-order valence-electron chi connectivity index (χ3n) is 4.40. The number of carbonyl (C=O) groups is 1. The molecule has 0 unspecified atom stereocenters. The number of rotatable bonds is 5. The number of aryl methyl sites for hydroxylation is 1. The van der Waals surface area contributed by atoms with Crippen LogP contribution in [0, 0.1) is 0 Å². The molecular weight excluding hydrogens is 362 g/mol. The first-order valence-electron chi connectivity index (χ1n) is 8.57. The number of hydrogen-bond donors (Lipinski definition) is 1. The Kier molecular flexibility index (Phi) is 4.65. The van der Waals surface area contributed by atoms with Gasteiger partial charge in [0.15, 0.2) is 0 Å². The van der Waals surface area contributed by atoms with Crippen LogP contribution in [-0.2, 0) is 11.2 Å². The summed E-state index contributed by atoms with van der Waals surface area (Å²) in [4.78, 5) is 15.7. The molecule has 0 spiro atoms. The van der Waals surface area contributed by atoms with E-state index in [2.05, 4.69) is 0 Å². The van der Waals surface area contributed by atoms with Crippen LogP contribution >= 0.6 is 11.6 Å². The van der Waals surface area contributed by atoms with Gasteiger partial charge in [-0.25, -0.2) is 4.98 Å². The van der Waals surface area contributed by atoms with Crippen LogP contribution < -0.4 is 0 Å². The van der Waals surface area contributed by atoms with Crippen LogP contribution in [0.4, 0.5) is 0 Å². The molecule has 1 N–H and O–H groups in total. The first kappa shape index (κ1) is 17.3. The summed E-state index contributed by atoms with van der Waals surface area (Å²) in [5.74, 6) is 0.167. The topological polar surface area (TPSA) is 63.3 Å². The summed E-state index contributed by atoms with van der Waals surface area (Å²) in [6.07, 6.45) is 0.246. The molecule has 0 saturated carbocycles. The molecule has 0 aliphatic rings. The number of halogens is 1. The summed E-state index contributed by atoms with van der Waals surface area (Å²) < 4.78 is 6.04. The van der Waals surface area contributed by atoms with Crippen LogP contribution in [0.15, 0.2) is 71.1 Å². The fourth-order valence-corrected chi connectivity index (χ4v) is 3.23. The third-order valence-corrected chi connectivity index (χ3v) is 4.65. The van der Waals surface area contributed by atoms with Gasteiger partial charge in [-0.05, 0) is 29.0 Å². The van der Waals surface area contributed by atoms with E-state index >= 15 is 0 Å². The first-order valence-corrected chi connectivity index (χ1v) is 8.95. The van der Waals surface area contributed by atoms with Crippen molar-refractivity contribution >= 4 is 28.3 Å². The van der Waals surface area contributed by atoms with E-state index in [9.17, 15) is 4.79 Å². The first-order chi connectivity index (χ1) is 13.1. The van der Waals surface area contributed by atoms with Gasteiger partial charge in [-0.15, -0.1) is 0 Å². The second kappa shape index (κ2) is 7.25. The predicted molar refractivity (Wildman–Crippen MR) is 106 cm³/mol. The zero-order valence-corrected chi connectivity index (χ0v) is 15.1. The fraction of sp³-hybridized carbons (Fsp3) is 0.0909. The van der Waals surface area contributed by atoms with Gasteiger partial charge in [0.05, 0.1) is 6.42 Å². The van der Waals surface area contributed by atoms with Crippen molar-refractivity contribution < 1.29 is 14.3 Å². The molecule has 27 heavy (non-hydrogen) atoms. The van der Waals surface area contributed by atoms with Crippen LogP contribution in [0.2, 0.25) is 5.02 Å². The van der Waals surface area contributed by atoms with Crippen LogP contribution in [0.3, 0.4) is 0 Å².